The standard InChI is InChI=1S/C20H25N3O2S/c24-19(18-14-25-11-10-23(18)16-8-4-5-9-16)22-20-21-13-17(26-20)12-15-6-2-1-3-7-15/h1-3,6-7,13,16,18H,4-5,8-12,14H2,(H,21,22,24). The minimum absolute atomic E-state index is 0.0113. The number of ether oxygens (including phenoxy) is 1. The molecule has 1 unspecified atom stereocenters. The highest BCUT2D eigenvalue weighted by Gasteiger charge is 2.35. The maximum Gasteiger partial charge on any atom is 0.245 e. The smallest absolute Gasteiger partial charge is 0.245 e. The molecule has 2 aliphatic rings. The Labute approximate surface area is 158 Å². The van der Waals surface area contributed by atoms with Gasteiger partial charge in [0.1, 0.15) is 6.04 Å². The van der Waals surface area contributed by atoms with Crippen molar-refractivity contribution in [3.63, 3.8) is 0 Å². The fourth-order valence-corrected chi connectivity index (χ4v) is 4.80. The van der Waals surface area contributed by atoms with E-state index in [4.69, 9.17) is 4.74 Å². The molecule has 0 radical (unpaired) electrons. The first-order valence-corrected chi connectivity index (χ1v) is 10.2. The molecule has 0 spiro atoms. The summed E-state index contributed by atoms with van der Waals surface area (Å²) in [4.78, 5) is 20.7. The third kappa shape index (κ3) is 4.14. The maximum atomic E-state index is 12.8. The average Bonchev–Trinajstić information content (AvgIpc) is 3.35. The van der Waals surface area contributed by atoms with Gasteiger partial charge in [-0.3, -0.25) is 9.69 Å². The van der Waals surface area contributed by atoms with Gasteiger partial charge in [0.2, 0.25) is 5.91 Å². The van der Waals surface area contributed by atoms with Gasteiger partial charge in [0.25, 0.3) is 0 Å². The quantitative estimate of drug-likeness (QED) is 0.876. The second kappa shape index (κ2) is 8.29. The van der Waals surface area contributed by atoms with Gasteiger partial charge in [-0.25, -0.2) is 4.98 Å². The molecule has 1 aromatic heterocycles. The Morgan fingerprint density at radius 1 is 1.27 bits per heavy atom. The fourth-order valence-electron chi connectivity index (χ4n) is 3.95. The summed E-state index contributed by atoms with van der Waals surface area (Å²) in [5.41, 5.74) is 1.25. The summed E-state index contributed by atoms with van der Waals surface area (Å²) >= 11 is 1.55. The van der Waals surface area contributed by atoms with E-state index in [9.17, 15) is 4.79 Å². The van der Waals surface area contributed by atoms with E-state index < -0.39 is 0 Å². The lowest BCUT2D eigenvalue weighted by Crippen LogP contribution is -2.55. The molecule has 4 rings (SSSR count). The molecule has 1 saturated carbocycles. The Balaban J connectivity index is 1.39. The van der Waals surface area contributed by atoms with Gasteiger partial charge in [-0.2, -0.15) is 0 Å². The lowest BCUT2D eigenvalue weighted by atomic mass is 10.1. The van der Waals surface area contributed by atoms with Crippen LogP contribution in [0.4, 0.5) is 5.13 Å². The van der Waals surface area contributed by atoms with Gasteiger partial charge in [-0.15, -0.1) is 11.3 Å². The number of nitrogens with zero attached hydrogens (tertiary/aromatic N) is 2. The molecule has 1 saturated heterocycles. The number of nitrogens with one attached hydrogen (secondary N) is 1. The summed E-state index contributed by atoms with van der Waals surface area (Å²) in [6, 6.07) is 10.6. The number of aromatic nitrogens is 1. The van der Waals surface area contributed by atoms with E-state index in [1.165, 1.54) is 31.2 Å². The van der Waals surface area contributed by atoms with Crippen LogP contribution < -0.4 is 5.32 Å². The topological polar surface area (TPSA) is 54.5 Å². The van der Waals surface area contributed by atoms with Crippen LogP contribution in [0.1, 0.15) is 36.1 Å². The number of rotatable bonds is 5. The first kappa shape index (κ1) is 17.6. The van der Waals surface area contributed by atoms with Crippen LogP contribution in [0.2, 0.25) is 0 Å². The van der Waals surface area contributed by atoms with Crippen molar-refractivity contribution in [3.8, 4) is 0 Å². The van der Waals surface area contributed by atoms with Gasteiger partial charge < -0.3 is 10.1 Å². The predicted octanol–water partition coefficient (Wildman–Crippen LogP) is 3.32. The van der Waals surface area contributed by atoms with Crippen molar-refractivity contribution >= 4 is 22.4 Å². The van der Waals surface area contributed by atoms with Crippen molar-refractivity contribution in [2.24, 2.45) is 0 Å². The van der Waals surface area contributed by atoms with Gasteiger partial charge in [0, 0.05) is 30.1 Å². The molecule has 1 atom stereocenters. The molecule has 2 fully saturated rings. The number of benzene rings is 1. The van der Waals surface area contributed by atoms with E-state index in [-0.39, 0.29) is 11.9 Å². The zero-order valence-electron chi connectivity index (χ0n) is 14.9. The van der Waals surface area contributed by atoms with E-state index in [1.807, 2.05) is 24.4 Å². The highest BCUT2D eigenvalue weighted by atomic mass is 32.1. The van der Waals surface area contributed by atoms with Crippen LogP contribution in [0, 0.1) is 0 Å². The highest BCUT2D eigenvalue weighted by molar-refractivity contribution is 7.15. The number of morpholine rings is 1. The highest BCUT2D eigenvalue weighted by Crippen LogP contribution is 2.27. The fraction of sp³-hybridized carbons (Fsp3) is 0.500. The summed E-state index contributed by atoms with van der Waals surface area (Å²) in [7, 11) is 0. The number of amides is 1. The van der Waals surface area contributed by atoms with Gasteiger partial charge in [0.15, 0.2) is 5.13 Å². The maximum absolute atomic E-state index is 12.8. The van der Waals surface area contributed by atoms with E-state index in [0.717, 1.165) is 24.4 Å². The average molecular weight is 372 g/mol. The molecule has 5 nitrogen and oxygen atoms in total. The normalized spacial score (nSPS) is 21.8. The lowest BCUT2D eigenvalue weighted by Gasteiger charge is -2.38. The van der Waals surface area contributed by atoms with E-state index in [1.54, 1.807) is 11.3 Å². The monoisotopic (exact) mass is 371 g/mol. The first-order chi connectivity index (χ1) is 12.8. The molecule has 1 aromatic carbocycles. The van der Waals surface area contributed by atoms with Crippen LogP contribution in [-0.4, -0.2) is 47.6 Å². The summed E-state index contributed by atoms with van der Waals surface area (Å²) in [6.45, 7) is 2.04. The van der Waals surface area contributed by atoms with Crippen molar-refractivity contribution in [2.75, 3.05) is 25.1 Å². The number of carbonyl (C=O) groups excluding carboxylic acids is 1. The van der Waals surface area contributed by atoms with Crippen LogP contribution in [0.15, 0.2) is 36.5 Å². The predicted molar refractivity (Wildman–Crippen MR) is 104 cm³/mol. The Bertz CT molecular complexity index is 728. The molecule has 6 heteroatoms. The molecular weight excluding hydrogens is 346 g/mol. The minimum atomic E-state index is -0.201. The number of anilines is 1. The summed E-state index contributed by atoms with van der Waals surface area (Å²) in [5, 5.41) is 3.70. The molecule has 138 valence electrons. The Morgan fingerprint density at radius 2 is 2.08 bits per heavy atom. The Kier molecular flexibility index (Phi) is 5.62. The molecular formula is C20H25N3O2S. The molecule has 1 aliphatic heterocycles. The summed E-state index contributed by atoms with van der Waals surface area (Å²) in [5.74, 6) is 0.0113. The lowest BCUT2D eigenvalue weighted by molar-refractivity contribution is -0.129. The van der Waals surface area contributed by atoms with Crippen molar-refractivity contribution in [1.29, 1.82) is 0 Å². The van der Waals surface area contributed by atoms with Crippen molar-refractivity contribution in [3.05, 3.63) is 47.0 Å². The van der Waals surface area contributed by atoms with Gasteiger partial charge in [0.05, 0.1) is 13.2 Å². The molecule has 1 N–H and O–H groups in total. The molecule has 0 bridgehead atoms. The van der Waals surface area contributed by atoms with E-state index in [2.05, 4.69) is 27.3 Å². The van der Waals surface area contributed by atoms with Crippen molar-refractivity contribution in [1.82, 2.24) is 9.88 Å². The second-order valence-corrected chi connectivity index (χ2v) is 8.17. The molecule has 1 aliphatic carbocycles. The summed E-state index contributed by atoms with van der Waals surface area (Å²) in [6.07, 6.45) is 7.64. The van der Waals surface area contributed by atoms with Crippen LogP contribution in [0.5, 0.6) is 0 Å². The van der Waals surface area contributed by atoms with Crippen LogP contribution in [0.25, 0.3) is 0 Å². The van der Waals surface area contributed by atoms with Crippen LogP contribution >= 0.6 is 11.3 Å². The minimum Gasteiger partial charge on any atom is -0.378 e. The third-order valence-electron chi connectivity index (χ3n) is 5.27. The second-order valence-electron chi connectivity index (χ2n) is 7.05. The first-order valence-electron chi connectivity index (χ1n) is 9.42. The van der Waals surface area contributed by atoms with Crippen LogP contribution in [0.3, 0.4) is 0 Å². The Hall–Kier alpha value is -1.76. The summed E-state index contributed by atoms with van der Waals surface area (Å²) < 4.78 is 5.60. The molecule has 1 amide bonds. The van der Waals surface area contributed by atoms with E-state index >= 15 is 0 Å². The van der Waals surface area contributed by atoms with Crippen molar-refractivity contribution < 1.29 is 9.53 Å². The van der Waals surface area contributed by atoms with Gasteiger partial charge in [-0.1, -0.05) is 43.2 Å². The molecule has 2 aromatic rings. The Morgan fingerprint density at radius 3 is 2.88 bits per heavy atom. The SMILES string of the molecule is O=C(Nc1ncc(Cc2ccccc2)s1)C1COCCN1C1CCCC1. The number of thiazole rings is 1. The number of hydrogen-bond donors (Lipinski definition) is 1. The molecule has 26 heavy (non-hydrogen) atoms. The third-order valence-corrected chi connectivity index (χ3v) is 6.18. The zero-order chi connectivity index (χ0) is 17.8. The van der Waals surface area contributed by atoms with Gasteiger partial charge in [-0.05, 0) is 18.4 Å². The van der Waals surface area contributed by atoms with Crippen LogP contribution in [-0.2, 0) is 16.0 Å². The largest absolute Gasteiger partial charge is 0.378 e. The number of hydrogen-bond acceptors (Lipinski definition) is 5. The molecule has 2 heterocycles. The van der Waals surface area contributed by atoms with Gasteiger partial charge >= 0.3 is 0 Å². The zero-order valence-corrected chi connectivity index (χ0v) is 15.7. The van der Waals surface area contributed by atoms with E-state index in [0.29, 0.717) is 17.8 Å². The van der Waals surface area contributed by atoms with Crippen molar-refractivity contribution in [2.45, 2.75) is 44.2 Å². The number of carbonyl (C=O) groups is 1.